The van der Waals surface area contributed by atoms with Crippen LogP contribution < -0.4 is 9.91 Å². The highest BCUT2D eigenvalue weighted by Crippen LogP contribution is 2.25. The van der Waals surface area contributed by atoms with Crippen molar-refractivity contribution in [3.8, 4) is 12.3 Å². The van der Waals surface area contributed by atoms with Gasteiger partial charge < -0.3 is 4.90 Å². The minimum Gasteiger partial charge on any atom is -0.363 e. The van der Waals surface area contributed by atoms with Crippen LogP contribution >= 0.6 is 11.6 Å². The van der Waals surface area contributed by atoms with E-state index in [4.69, 9.17) is 18.0 Å². The van der Waals surface area contributed by atoms with Gasteiger partial charge in [0, 0.05) is 30.4 Å². The standard InChI is InChI=1S/C19H20ClN3/c1-5-13-22(3)19-12-11-16(20)14-18(19)15(2)21-23(4)17-9-7-6-8-10-17/h1,6-12,14H,13H2,2-4H3/b21-15-. The predicted octanol–water partition coefficient (Wildman–Crippen LogP) is 4.27. The molecule has 0 N–H and O–H groups in total. The maximum absolute atomic E-state index is 6.17. The molecule has 0 radical (unpaired) electrons. The summed E-state index contributed by atoms with van der Waals surface area (Å²) in [5.41, 5.74) is 3.87. The van der Waals surface area contributed by atoms with E-state index in [2.05, 4.69) is 11.0 Å². The van der Waals surface area contributed by atoms with Crippen molar-refractivity contribution in [3.05, 3.63) is 59.1 Å². The second kappa shape index (κ2) is 7.71. The summed E-state index contributed by atoms with van der Waals surface area (Å²) in [5.74, 6) is 2.66. The molecule has 118 valence electrons. The van der Waals surface area contributed by atoms with Gasteiger partial charge in [-0.25, -0.2) is 0 Å². The molecular weight excluding hydrogens is 306 g/mol. The van der Waals surface area contributed by atoms with Crippen LogP contribution in [0.2, 0.25) is 5.02 Å². The van der Waals surface area contributed by atoms with Crippen LogP contribution in [0.15, 0.2) is 53.6 Å². The van der Waals surface area contributed by atoms with E-state index >= 15 is 0 Å². The van der Waals surface area contributed by atoms with Gasteiger partial charge in [-0.3, -0.25) is 5.01 Å². The second-order valence-electron chi connectivity index (χ2n) is 5.27. The van der Waals surface area contributed by atoms with E-state index in [-0.39, 0.29) is 0 Å². The Bertz CT molecular complexity index is 732. The van der Waals surface area contributed by atoms with E-state index in [0.29, 0.717) is 11.6 Å². The zero-order valence-corrected chi connectivity index (χ0v) is 14.4. The molecule has 0 heterocycles. The Labute approximate surface area is 143 Å². The number of para-hydroxylation sites is 1. The van der Waals surface area contributed by atoms with Crippen LogP contribution in [0.1, 0.15) is 12.5 Å². The highest BCUT2D eigenvalue weighted by atomic mass is 35.5. The first-order valence-electron chi connectivity index (χ1n) is 7.31. The third-order valence-corrected chi connectivity index (χ3v) is 3.75. The summed E-state index contributed by atoms with van der Waals surface area (Å²) in [6, 6.07) is 15.7. The Hall–Kier alpha value is -2.44. The van der Waals surface area contributed by atoms with Crippen LogP contribution in [0, 0.1) is 12.3 Å². The summed E-state index contributed by atoms with van der Waals surface area (Å²) in [7, 11) is 3.88. The van der Waals surface area contributed by atoms with Gasteiger partial charge in [-0.15, -0.1) is 6.42 Å². The third kappa shape index (κ3) is 4.28. The van der Waals surface area contributed by atoms with Crippen molar-refractivity contribution in [2.75, 3.05) is 30.5 Å². The summed E-state index contributed by atoms with van der Waals surface area (Å²) in [6.07, 6.45) is 5.42. The molecule has 0 aromatic heterocycles. The predicted molar refractivity (Wildman–Crippen MR) is 101 cm³/mol. The second-order valence-corrected chi connectivity index (χ2v) is 5.70. The van der Waals surface area contributed by atoms with E-state index in [0.717, 1.165) is 22.6 Å². The molecule has 3 nitrogen and oxygen atoms in total. The highest BCUT2D eigenvalue weighted by molar-refractivity contribution is 6.31. The van der Waals surface area contributed by atoms with Gasteiger partial charge in [-0.1, -0.05) is 35.7 Å². The van der Waals surface area contributed by atoms with Gasteiger partial charge in [0.15, 0.2) is 0 Å². The smallest absolute Gasteiger partial charge is 0.0788 e. The van der Waals surface area contributed by atoms with E-state index in [9.17, 15) is 0 Å². The van der Waals surface area contributed by atoms with Crippen molar-refractivity contribution in [2.45, 2.75) is 6.92 Å². The molecule has 0 atom stereocenters. The number of rotatable bonds is 5. The first-order chi connectivity index (χ1) is 11.0. The minimum atomic E-state index is 0.524. The molecule has 0 aliphatic carbocycles. The molecule has 4 heteroatoms. The molecule has 0 aliphatic rings. The van der Waals surface area contributed by atoms with E-state index in [1.165, 1.54) is 0 Å². The molecule has 0 unspecified atom stereocenters. The van der Waals surface area contributed by atoms with E-state index in [1.54, 1.807) is 0 Å². The van der Waals surface area contributed by atoms with Crippen molar-refractivity contribution in [1.82, 2.24) is 0 Å². The van der Waals surface area contributed by atoms with Crippen molar-refractivity contribution < 1.29 is 0 Å². The van der Waals surface area contributed by atoms with Gasteiger partial charge in [0.25, 0.3) is 0 Å². The lowest BCUT2D eigenvalue weighted by Crippen LogP contribution is -2.20. The average molecular weight is 326 g/mol. The molecule has 2 aromatic rings. The number of hydrogen-bond acceptors (Lipinski definition) is 3. The topological polar surface area (TPSA) is 18.8 Å². The number of hydrazone groups is 1. The summed E-state index contributed by atoms with van der Waals surface area (Å²) in [5, 5.41) is 7.20. The summed E-state index contributed by atoms with van der Waals surface area (Å²) in [6.45, 7) is 2.49. The molecule has 2 rings (SSSR count). The number of anilines is 2. The Morgan fingerprint density at radius 2 is 1.87 bits per heavy atom. The maximum atomic E-state index is 6.17. The van der Waals surface area contributed by atoms with Crippen LogP contribution in [-0.4, -0.2) is 26.4 Å². The molecule has 0 saturated heterocycles. The fraction of sp³-hybridized carbons (Fsp3) is 0.211. The summed E-state index contributed by atoms with van der Waals surface area (Å²) < 4.78 is 0. The van der Waals surface area contributed by atoms with Crippen LogP contribution in [0.3, 0.4) is 0 Å². The molecule has 2 aromatic carbocycles. The lowest BCUT2D eigenvalue weighted by molar-refractivity contribution is 1.01. The lowest BCUT2D eigenvalue weighted by Gasteiger charge is -2.21. The maximum Gasteiger partial charge on any atom is 0.0788 e. The van der Waals surface area contributed by atoms with Crippen LogP contribution in [-0.2, 0) is 0 Å². The fourth-order valence-electron chi connectivity index (χ4n) is 2.33. The van der Waals surface area contributed by atoms with E-state index in [1.807, 2.05) is 79.5 Å². The molecule has 0 amide bonds. The van der Waals surface area contributed by atoms with Crippen molar-refractivity contribution in [3.63, 3.8) is 0 Å². The van der Waals surface area contributed by atoms with Gasteiger partial charge in [0.05, 0.1) is 17.9 Å². The van der Waals surface area contributed by atoms with Crippen LogP contribution in [0.4, 0.5) is 11.4 Å². The zero-order chi connectivity index (χ0) is 16.8. The molecule has 0 fully saturated rings. The monoisotopic (exact) mass is 325 g/mol. The average Bonchev–Trinajstić information content (AvgIpc) is 2.55. The minimum absolute atomic E-state index is 0.524. The Balaban J connectivity index is 2.38. The first-order valence-corrected chi connectivity index (χ1v) is 7.69. The fourth-order valence-corrected chi connectivity index (χ4v) is 2.51. The first kappa shape index (κ1) is 16.9. The SMILES string of the molecule is C#CCN(C)c1ccc(Cl)cc1/C(C)=N\N(C)c1ccccc1. The molecule has 0 aliphatic heterocycles. The summed E-state index contributed by atoms with van der Waals surface area (Å²) >= 11 is 6.17. The number of benzene rings is 2. The number of nitrogens with zero attached hydrogens (tertiary/aromatic N) is 3. The largest absolute Gasteiger partial charge is 0.363 e. The van der Waals surface area contributed by atoms with Crippen molar-refractivity contribution >= 4 is 28.7 Å². The number of hydrogen-bond donors (Lipinski definition) is 0. The normalized spacial score (nSPS) is 11.0. The van der Waals surface area contributed by atoms with Gasteiger partial charge >= 0.3 is 0 Å². The molecular formula is C19H20ClN3. The lowest BCUT2D eigenvalue weighted by atomic mass is 10.1. The molecule has 23 heavy (non-hydrogen) atoms. The van der Waals surface area contributed by atoms with Crippen molar-refractivity contribution in [1.29, 1.82) is 0 Å². The molecule has 0 bridgehead atoms. The van der Waals surface area contributed by atoms with E-state index < -0.39 is 0 Å². The quantitative estimate of drug-likeness (QED) is 0.464. The Kier molecular flexibility index (Phi) is 5.67. The van der Waals surface area contributed by atoms with Crippen molar-refractivity contribution in [2.24, 2.45) is 5.10 Å². The molecule has 0 spiro atoms. The van der Waals surface area contributed by atoms with Gasteiger partial charge in [0.1, 0.15) is 0 Å². The van der Waals surface area contributed by atoms with Crippen LogP contribution in [0.25, 0.3) is 0 Å². The van der Waals surface area contributed by atoms with Gasteiger partial charge in [-0.05, 0) is 37.3 Å². The van der Waals surface area contributed by atoms with Gasteiger partial charge in [-0.2, -0.15) is 5.10 Å². The third-order valence-electron chi connectivity index (χ3n) is 3.52. The zero-order valence-electron chi connectivity index (χ0n) is 13.6. The summed E-state index contributed by atoms with van der Waals surface area (Å²) in [4.78, 5) is 2.01. The van der Waals surface area contributed by atoms with Gasteiger partial charge in [0.2, 0.25) is 0 Å². The number of terminal acetylenes is 1. The van der Waals surface area contributed by atoms with Crippen LogP contribution in [0.5, 0.6) is 0 Å². The Morgan fingerprint density at radius 3 is 2.52 bits per heavy atom. The Morgan fingerprint density at radius 1 is 1.17 bits per heavy atom. The highest BCUT2D eigenvalue weighted by Gasteiger charge is 2.11. The number of halogens is 1. The molecule has 0 saturated carbocycles.